The highest BCUT2D eigenvalue weighted by atomic mass is 32.1. The van der Waals surface area contributed by atoms with E-state index in [9.17, 15) is 14.4 Å². The van der Waals surface area contributed by atoms with Crippen LogP contribution in [0.15, 0.2) is 48.5 Å². The van der Waals surface area contributed by atoms with Crippen molar-refractivity contribution in [2.75, 3.05) is 12.1 Å². The van der Waals surface area contributed by atoms with Crippen molar-refractivity contribution in [3.8, 4) is 11.5 Å². The molecule has 2 heterocycles. The molecule has 0 radical (unpaired) electrons. The van der Waals surface area contributed by atoms with Gasteiger partial charge in [-0.25, -0.2) is 4.79 Å². The summed E-state index contributed by atoms with van der Waals surface area (Å²) in [4.78, 5) is 37.7. The molecule has 4 rings (SSSR count). The summed E-state index contributed by atoms with van der Waals surface area (Å²) in [5.74, 6) is -0.465. The Balaban J connectivity index is 1.48. The Morgan fingerprint density at radius 2 is 1.70 bits per heavy atom. The van der Waals surface area contributed by atoms with Crippen molar-refractivity contribution in [2.24, 2.45) is 0 Å². The Hall–Kier alpha value is -3.85. The number of benzene rings is 2. The highest BCUT2D eigenvalue weighted by molar-refractivity contribution is 7.16. The van der Waals surface area contributed by atoms with Crippen LogP contribution in [-0.4, -0.2) is 29.7 Å². The third kappa shape index (κ3) is 5.15. The standard InChI is InChI=1S/C24H22N2O6S/c1-2-3-17-11-18(22(28)25-12-14-4-9-19-20(10-14)32-13-31-19)23(33-17)26-21(27)15-5-7-16(8-6-15)24(29)30/h4-11H,2-3,12-13H2,1H3,(H,25,28)(H,26,27)(H,29,30). The number of hydrogen-bond acceptors (Lipinski definition) is 6. The molecule has 0 fully saturated rings. The molecule has 1 aliphatic heterocycles. The minimum absolute atomic E-state index is 0.0940. The summed E-state index contributed by atoms with van der Waals surface area (Å²) >= 11 is 1.36. The Morgan fingerprint density at radius 3 is 2.42 bits per heavy atom. The first-order valence-corrected chi connectivity index (χ1v) is 11.2. The topological polar surface area (TPSA) is 114 Å². The van der Waals surface area contributed by atoms with Gasteiger partial charge in [0.15, 0.2) is 11.5 Å². The second-order valence-corrected chi connectivity index (χ2v) is 8.55. The lowest BCUT2D eigenvalue weighted by Gasteiger charge is -2.08. The van der Waals surface area contributed by atoms with Crippen LogP contribution in [0.4, 0.5) is 5.00 Å². The van der Waals surface area contributed by atoms with Gasteiger partial charge in [0.25, 0.3) is 11.8 Å². The molecule has 2 amide bonds. The van der Waals surface area contributed by atoms with Gasteiger partial charge < -0.3 is 25.2 Å². The molecule has 2 aromatic carbocycles. The third-order valence-electron chi connectivity index (χ3n) is 5.04. The predicted molar refractivity (Wildman–Crippen MR) is 123 cm³/mol. The molecule has 3 aromatic rings. The van der Waals surface area contributed by atoms with Gasteiger partial charge in [-0.2, -0.15) is 0 Å². The van der Waals surface area contributed by atoms with Crippen molar-refractivity contribution in [3.05, 3.63) is 75.7 Å². The molecule has 0 saturated carbocycles. The highest BCUT2D eigenvalue weighted by Crippen LogP contribution is 2.33. The van der Waals surface area contributed by atoms with Crippen LogP contribution in [0.1, 0.15) is 54.9 Å². The number of aromatic carboxylic acids is 1. The molecule has 33 heavy (non-hydrogen) atoms. The SMILES string of the molecule is CCCc1cc(C(=O)NCc2ccc3c(c2)OCO3)c(NC(=O)c2ccc(C(=O)O)cc2)s1. The Morgan fingerprint density at radius 1 is 0.970 bits per heavy atom. The summed E-state index contributed by atoms with van der Waals surface area (Å²) in [5.41, 5.74) is 1.65. The number of aryl methyl sites for hydroxylation is 1. The van der Waals surface area contributed by atoms with Gasteiger partial charge in [-0.3, -0.25) is 9.59 Å². The first-order chi connectivity index (χ1) is 15.9. The lowest BCUT2D eigenvalue weighted by atomic mass is 10.1. The summed E-state index contributed by atoms with van der Waals surface area (Å²) < 4.78 is 10.7. The van der Waals surface area contributed by atoms with Gasteiger partial charge in [0.1, 0.15) is 5.00 Å². The molecule has 3 N–H and O–H groups in total. The molecule has 9 heteroatoms. The second kappa shape index (κ2) is 9.74. The normalized spacial score (nSPS) is 11.8. The van der Waals surface area contributed by atoms with E-state index in [0.717, 1.165) is 23.3 Å². The minimum Gasteiger partial charge on any atom is -0.478 e. The molecule has 0 atom stereocenters. The summed E-state index contributed by atoms with van der Waals surface area (Å²) in [7, 11) is 0. The van der Waals surface area contributed by atoms with Crippen LogP contribution in [0.5, 0.6) is 11.5 Å². The predicted octanol–water partition coefficient (Wildman–Crippen LogP) is 4.31. The van der Waals surface area contributed by atoms with E-state index in [-0.39, 0.29) is 18.3 Å². The fraction of sp³-hybridized carbons (Fsp3) is 0.208. The average Bonchev–Trinajstić information content (AvgIpc) is 3.44. The van der Waals surface area contributed by atoms with Gasteiger partial charge in [0, 0.05) is 17.0 Å². The third-order valence-corrected chi connectivity index (χ3v) is 6.15. The van der Waals surface area contributed by atoms with Crippen molar-refractivity contribution >= 4 is 34.1 Å². The van der Waals surface area contributed by atoms with Crippen molar-refractivity contribution < 1.29 is 29.0 Å². The van der Waals surface area contributed by atoms with E-state index in [1.807, 2.05) is 19.1 Å². The maximum Gasteiger partial charge on any atom is 0.335 e. The van der Waals surface area contributed by atoms with Crippen LogP contribution in [0.3, 0.4) is 0 Å². The van der Waals surface area contributed by atoms with E-state index < -0.39 is 11.9 Å². The number of anilines is 1. The van der Waals surface area contributed by atoms with Crippen LogP contribution in [0, 0.1) is 0 Å². The zero-order valence-corrected chi connectivity index (χ0v) is 18.7. The maximum absolute atomic E-state index is 13.0. The van der Waals surface area contributed by atoms with E-state index in [4.69, 9.17) is 14.6 Å². The maximum atomic E-state index is 13.0. The molecule has 170 valence electrons. The van der Waals surface area contributed by atoms with E-state index in [2.05, 4.69) is 10.6 Å². The number of thiophene rings is 1. The average molecular weight is 467 g/mol. The summed E-state index contributed by atoms with van der Waals surface area (Å²) in [6.07, 6.45) is 1.69. The fourth-order valence-corrected chi connectivity index (χ4v) is 4.49. The first kappa shape index (κ1) is 22.3. The zero-order valence-electron chi connectivity index (χ0n) is 17.8. The van der Waals surface area contributed by atoms with Gasteiger partial charge in [-0.1, -0.05) is 19.4 Å². The monoisotopic (exact) mass is 466 g/mol. The minimum atomic E-state index is -1.06. The van der Waals surface area contributed by atoms with E-state index >= 15 is 0 Å². The lowest BCUT2D eigenvalue weighted by Crippen LogP contribution is -2.24. The van der Waals surface area contributed by atoms with Crippen molar-refractivity contribution in [3.63, 3.8) is 0 Å². The number of carboxylic acids is 1. The molecular weight excluding hydrogens is 444 g/mol. The van der Waals surface area contributed by atoms with E-state index in [1.165, 1.54) is 35.6 Å². The fourth-order valence-electron chi connectivity index (χ4n) is 3.34. The molecule has 1 aliphatic rings. The molecule has 1 aromatic heterocycles. The molecule has 0 bridgehead atoms. The van der Waals surface area contributed by atoms with Crippen LogP contribution >= 0.6 is 11.3 Å². The molecular formula is C24H22N2O6S. The number of fused-ring (bicyclic) bond motifs is 1. The van der Waals surface area contributed by atoms with Crippen molar-refractivity contribution in [1.29, 1.82) is 0 Å². The number of rotatable bonds is 8. The number of ether oxygens (including phenoxy) is 2. The number of hydrogen-bond donors (Lipinski definition) is 3. The lowest BCUT2D eigenvalue weighted by molar-refractivity contribution is 0.0696. The molecule has 0 spiro atoms. The van der Waals surface area contributed by atoms with Crippen LogP contribution in [-0.2, 0) is 13.0 Å². The Labute approximate surface area is 194 Å². The van der Waals surface area contributed by atoms with Gasteiger partial charge in [-0.05, 0) is 54.4 Å². The number of amides is 2. The summed E-state index contributed by atoms with van der Waals surface area (Å²) in [6, 6.07) is 12.9. The first-order valence-electron chi connectivity index (χ1n) is 10.4. The quantitative estimate of drug-likeness (QED) is 0.456. The number of carbonyl (C=O) groups is 3. The summed E-state index contributed by atoms with van der Waals surface area (Å²) in [6.45, 7) is 2.52. The largest absolute Gasteiger partial charge is 0.478 e. The highest BCUT2D eigenvalue weighted by Gasteiger charge is 2.19. The van der Waals surface area contributed by atoms with Gasteiger partial charge in [0.2, 0.25) is 6.79 Å². The van der Waals surface area contributed by atoms with Crippen LogP contribution < -0.4 is 20.1 Å². The van der Waals surface area contributed by atoms with Crippen LogP contribution in [0.2, 0.25) is 0 Å². The molecule has 0 aliphatic carbocycles. The van der Waals surface area contributed by atoms with E-state index in [1.54, 1.807) is 12.1 Å². The Kier molecular flexibility index (Phi) is 6.60. The molecule has 8 nitrogen and oxygen atoms in total. The molecule has 0 unspecified atom stereocenters. The smallest absolute Gasteiger partial charge is 0.335 e. The van der Waals surface area contributed by atoms with Crippen molar-refractivity contribution in [2.45, 2.75) is 26.3 Å². The number of carbonyl (C=O) groups excluding carboxylic acids is 2. The number of carboxylic acid groups (broad SMARTS) is 1. The van der Waals surface area contributed by atoms with Gasteiger partial charge in [0.05, 0.1) is 11.1 Å². The summed E-state index contributed by atoms with van der Waals surface area (Å²) in [5, 5.41) is 15.2. The second-order valence-electron chi connectivity index (χ2n) is 7.41. The van der Waals surface area contributed by atoms with E-state index in [0.29, 0.717) is 34.2 Å². The number of nitrogens with one attached hydrogen (secondary N) is 2. The Bertz CT molecular complexity index is 1200. The van der Waals surface area contributed by atoms with Gasteiger partial charge >= 0.3 is 5.97 Å². The van der Waals surface area contributed by atoms with Crippen molar-refractivity contribution in [1.82, 2.24) is 5.32 Å². The van der Waals surface area contributed by atoms with Crippen LogP contribution in [0.25, 0.3) is 0 Å². The molecule has 0 saturated heterocycles. The van der Waals surface area contributed by atoms with Gasteiger partial charge in [-0.15, -0.1) is 11.3 Å². The zero-order chi connectivity index (χ0) is 23.4.